The summed E-state index contributed by atoms with van der Waals surface area (Å²) in [5.74, 6) is 1.56. The van der Waals surface area contributed by atoms with Crippen molar-refractivity contribution in [1.29, 1.82) is 0 Å². The summed E-state index contributed by atoms with van der Waals surface area (Å²) in [5.41, 5.74) is 1.75. The highest BCUT2D eigenvalue weighted by Gasteiger charge is 2.18. The van der Waals surface area contributed by atoms with Crippen LogP contribution in [-0.2, 0) is 6.42 Å². The van der Waals surface area contributed by atoms with E-state index in [1.807, 2.05) is 24.3 Å². The van der Waals surface area contributed by atoms with Gasteiger partial charge in [0.05, 0.1) is 32.6 Å². The van der Waals surface area contributed by atoms with Gasteiger partial charge in [-0.15, -0.1) is 0 Å². The molecule has 0 bridgehead atoms. The molecule has 0 spiro atoms. The highest BCUT2D eigenvalue weighted by molar-refractivity contribution is 6.05. The molecule has 2 rings (SSSR count). The van der Waals surface area contributed by atoms with Crippen molar-refractivity contribution in [3.63, 3.8) is 0 Å². The minimum Gasteiger partial charge on any atom is -0.507 e. The molecule has 0 aliphatic heterocycles. The Labute approximate surface area is 140 Å². The second kappa shape index (κ2) is 8.10. The topological polar surface area (TPSA) is 80.5 Å². The van der Waals surface area contributed by atoms with Crippen LogP contribution in [0.3, 0.4) is 0 Å². The molecule has 0 saturated heterocycles. The van der Waals surface area contributed by atoms with Gasteiger partial charge in [0.25, 0.3) is 0 Å². The second-order valence-electron chi connectivity index (χ2n) is 5.12. The summed E-state index contributed by atoms with van der Waals surface area (Å²) in [5, 5.41) is 23.0. The first-order chi connectivity index (χ1) is 11.6. The molecule has 0 aromatic heterocycles. The van der Waals surface area contributed by atoms with Gasteiger partial charge in [-0.1, -0.05) is 17.3 Å². The van der Waals surface area contributed by atoms with Crippen LogP contribution in [0.5, 0.6) is 23.0 Å². The number of methoxy groups -OCH3 is 3. The van der Waals surface area contributed by atoms with Gasteiger partial charge < -0.3 is 24.5 Å². The van der Waals surface area contributed by atoms with Crippen LogP contribution in [0, 0.1) is 0 Å². The SMILES string of the molecule is COc1ccc(CC/C(=N\O)c2c(O)cc(OC)cc2OC)cc1. The third-order valence-corrected chi connectivity index (χ3v) is 3.73. The molecule has 2 aromatic rings. The predicted molar refractivity (Wildman–Crippen MR) is 90.8 cm³/mol. The molecule has 24 heavy (non-hydrogen) atoms. The molecule has 2 aromatic carbocycles. The summed E-state index contributed by atoms with van der Waals surface area (Å²) in [7, 11) is 4.60. The van der Waals surface area contributed by atoms with Gasteiger partial charge in [-0.05, 0) is 30.5 Å². The molecule has 0 unspecified atom stereocenters. The Hall–Kier alpha value is -2.89. The standard InChI is InChI=1S/C18H21NO5/c1-22-13-7-4-12(5-8-13)6-9-15(19-21)18-16(20)10-14(23-2)11-17(18)24-3/h4-5,7-8,10-11,20-21H,6,9H2,1-3H3/b19-15+. The van der Waals surface area contributed by atoms with E-state index in [-0.39, 0.29) is 5.75 Å². The van der Waals surface area contributed by atoms with Gasteiger partial charge in [-0.2, -0.15) is 0 Å². The summed E-state index contributed by atoms with van der Waals surface area (Å²) in [6, 6.07) is 10.7. The Morgan fingerprint density at radius 2 is 1.62 bits per heavy atom. The largest absolute Gasteiger partial charge is 0.507 e. The lowest BCUT2D eigenvalue weighted by molar-refractivity contribution is 0.317. The van der Waals surface area contributed by atoms with Crippen molar-refractivity contribution in [1.82, 2.24) is 0 Å². The van der Waals surface area contributed by atoms with E-state index in [1.165, 1.54) is 20.3 Å². The molecule has 0 radical (unpaired) electrons. The van der Waals surface area contributed by atoms with E-state index in [4.69, 9.17) is 14.2 Å². The number of hydrogen-bond donors (Lipinski definition) is 2. The first-order valence-corrected chi connectivity index (χ1v) is 7.42. The van der Waals surface area contributed by atoms with Crippen molar-refractivity contribution in [2.45, 2.75) is 12.8 Å². The average Bonchev–Trinajstić information content (AvgIpc) is 2.63. The number of aryl methyl sites for hydroxylation is 1. The summed E-state index contributed by atoms with van der Waals surface area (Å²) in [6.07, 6.45) is 1.07. The van der Waals surface area contributed by atoms with Gasteiger partial charge in [-0.25, -0.2) is 0 Å². The fraction of sp³-hybridized carbons (Fsp3) is 0.278. The number of nitrogens with zero attached hydrogens (tertiary/aromatic N) is 1. The fourth-order valence-corrected chi connectivity index (χ4v) is 2.43. The van der Waals surface area contributed by atoms with Crippen LogP contribution in [0.1, 0.15) is 17.5 Å². The maximum atomic E-state index is 10.2. The van der Waals surface area contributed by atoms with Gasteiger partial charge in [0, 0.05) is 12.1 Å². The summed E-state index contributed by atoms with van der Waals surface area (Å²) in [6.45, 7) is 0. The molecule has 0 aliphatic rings. The first kappa shape index (κ1) is 17.5. The van der Waals surface area contributed by atoms with Crippen LogP contribution >= 0.6 is 0 Å². The lowest BCUT2D eigenvalue weighted by atomic mass is 10.00. The minimum atomic E-state index is -0.0614. The predicted octanol–water partition coefficient (Wildman–Crippen LogP) is 3.23. The Kier molecular flexibility index (Phi) is 5.89. The van der Waals surface area contributed by atoms with Gasteiger partial charge in [-0.3, -0.25) is 0 Å². The number of rotatable bonds is 7. The van der Waals surface area contributed by atoms with E-state index in [9.17, 15) is 10.3 Å². The van der Waals surface area contributed by atoms with Crippen molar-refractivity contribution in [2.75, 3.05) is 21.3 Å². The smallest absolute Gasteiger partial charge is 0.135 e. The molecule has 2 N–H and O–H groups in total. The number of hydrogen-bond acceptors (Lipinski definition) is 6. The number of phenols is 1. The maximum Gasteiger partial charge on any atom is 0.135 e. The van der Waals surface area contributed by atoms with E-state index in [2.05, 4.69) is 5.16 Å². The van der Waals surface area contributed by atoms with Crippen molar-refractivity contribution in [3.8, 4) is 23.0 Å². The van der Waals surface area contributed by atoms with Crippen LogP contribution < -0.4 is 14.2 Å². The first-order valence-electron chi connectivity index (χ1n) is 7.42. The number of phenolic OH excluding ortho intramolecular Hbond substituents is 1. The number of oxime groups is 1. The second-order valence-corrected chi connectivity index (χ2v) is 5.12. The molecular formula is C18H21NO5. The Balaban J connectivity index is 2.22. The normalized spacial score (nSPS) is 11.2. The van der Waals surface area contributed by atoms with E-state index in [0.29, 0.717) is 35.6 Å². The summed E-state index contributed by atoms with van der Waals surface area (Å²) >= 11 is 0. The van der Waals surface area contributed by atoms with Gasteiger partial charge >= 0.3 is 0 Å². The van der Waals surface area contributed by atoms with Crippen molar-refractivity contribution < 1.29 is 24.5 Å². The number of benzene rings is 2. The zero-order valence-electron chi connectivity index (χ0n) is 13.9. The monoisotopic (exact) mass is 331 g/mol. The molecule has 6 heteroatoms. The Morgan fingerprint density at radius 1 is 0.958 bits per heavy atom. The van der Waals surface area contributed by atoms with Gasteiger partial charge in [0.15, 0.2) is 0 Å². The van der Waals surface area contributed by atoms with E-state index >= 15 is 0 Å². The Morgan fingerprint density at radius 3 is 2.17 bits per heavy atom. The zero-order chi connectivity index (χ0) is 17.5. The third kappa shape index (κ3) is 3.90. The minimum absolute atomic E-state index is 0.0614. The molecular weight excluding hydrogens is 310 g/mol. The van der Waals surface area contributed by atoms with Crippen LogP contribution in [0.25, 0.3) is 0 Å². The highest BCUT2D eigenvalue weighted by atomic mass is 16.5. The van der Waals surface area contributed by atoms with Crippen LogP contribution in [0.4, 0.5) is 0 Å². The zero-order valence-corrected chi connectivity index (χ0v) is 13.9. The summed E-state index contributed by atoms with van der Waals surface area (Å²) < 4.78 is 15.5. The summed E-state index contributed by atoms with van der Waals surface area (Å²) in [4.78, 5) is 0. The third-order valence-electron chi connectivity index (χ3n) is 3.73. The number of ether oxygens (including phenoxy) is 3. The van der Waals surface area contributed by atoms with Gasteiger partial charge in [0.1, 0.15) is 23.0 Å². The van der Waals surface area contributed by atoms with E-state index in [0.717, 1.165) is 11.3 Å². The molecule has 0 atom stereocenters. The highest BCUT2D eigenvalue weighted by Crippen LogP contribution is 2.34. The Bertz CT molecular complexity index is 710. The van der Waals surface area contributed by atoms with Crippen molar-refractivity contribution in [2.24, 2.45) is 5.16 Å². The molecule has 0 aliphatic carbocycles. The lowest BCUT2D eigenvalue weighted by Crippen LogP contribution is -2.06. The molecule has 0 saturated carbocycles. The quantitative estimate of drug-likeness (QED) is 0.462. The van der Waals surface area contributed by atoms with Crippen LogP contribution in [-0.4, -0.2) is 37.4 Å². The maximum absolute atomic E-state index is 10.2. The molecule has 0 amide bonds. The van der Waals surface area contributed by atoms with E-state index < -0.39 is 0 Å². The molecule has 128 valence electrons. The van der Waals surface area contributed by atoms with Crippen LogP contribution in [0.15, 0.2) is 41.6 Å². The molecule has 6 nitrogen and oxygen atoms in total. The fourth-order valence-electron chi connectivity index (χ4n) is 2.43. The van der Waals surface area contributed by atoms with Crippen LogP contribution in [0.2, 0.25) is 0 Å². The van der Waals surface area contributed by atoms with Crippen molar-refractivity contribution in [3.05, 3.63) is 47.5 Å². The van der Waals surface area contributed by atoms with E-state index in [1.54, 1.807) is 13.2 Å². The van der Waals surface area contributed by atoms with Gasteiger partial charge in [0.2, 0.25) is 0 Å². The van der Waals surface area contributed by atoms with Crippen molar-refractivity contribution >= 4 is 5.71 Å². The average molecular weight is 331 g/mol. The molecule has 0 heterocycles. The lowest BCUT2D eigenvalue weighted by Gasteiger charge is -2.14. The number of aromatic hydroxyl groups is 1. The molecule has 0 fully saturated rings.